The Kier molecular flexibility index (Phi) is 7.05. The van der Waals surface area contributed by atoms with E-state index in [1.807, 2.05) is 13.8 Å². The number of allylic oxidation sites excluding steroid dienone is 3. The molecule has 1 aromatic rings. The van der Waals surface area contributed by atoms with Crippen molar-refractivity contribution in [1.29, 1.82) is 0 Å². The second-order valence-electron chi connectivity index (χ2n) is 4.97. The summed E-state index contributed by atoms with van der Waals surface area (Å²) in [6, 6.07) is 0. The molecular weight excluding hydrogens is 296 g/mol. The first kappa shape index (κ1) is 18.5. The molecule has 0 radical (unpaired) electrons. The Morgan fingerprint density at radius 2 is 2.00 bits per heavy atom. The van der Waals surface area contributed by atoms with Crippen LogP contribution in [-0.4, -0.2) is 22.0 Å². The number of H-pyrrole nitrogens is 1. The third kappa shape index (κ3) is 4.45. The summed E-state index contributed by atoms with van der Waals surface area (Å²) in [5.74, 6) is -0.356. The fourth-order valence-electron chi connectivity index (χ4n) is 2.14. The van der Waals surface area contributed by atoms with Gasteiger partial charge in [0.15, 0.2) is 5.69 Å². The molecule has 0 aromatic carbocycles. The third-order valence-electron chi connectivity index (χ3n) is 3.34. The van der Waals surface area contributed by atoms with Crippen LogP contribution in [0.15, 0.2) is 33.9 Å². The van der Waals surface area contributed by atoms with Crippen molar-refractivity contribution in [3.63, 3.8) is 0 Å². The molecule has 7 heteroatoms. The predicted molar refractivity (Wildman–Crippen MR) is 92.6 cm³/mol. The number of nitrogen functional groups attached to an aromatic ring is 1. The molecule has 0 spiro atoms. The number of nitrogens with one attached hydrogen (secondary N) is 1. The van der Waals surface area contributed by atoms with Gasteiger partial charge in [0, 0.05) is 19.2 Å². The van der Waals surface area contributed by atoms with Crippen molar-refractivity contribution < 1.29 is 4.79 Å². The number of hydrogen-bond donors (Lipinski definition) is 2. The van der Waals surface area contributed by atoms with Gasteiger partial charge >= 0.3 is 5.69 Å². The SMILES string of the molecule is C/C=C/C=C/C(=O)N(CC)c1c(N)n(CCCC)c(=O)[nH]c1=O. The first-order valence-corrected chi connectivity index (χ1v) is 7.71. The quantitative estimate of drug-likeness (QED) is 0.585. The van der Waals surface area contributed by atoms with Gasteiger partial charge in [-0.15, -0.1) is 0 Å². The number of nitrogens with two attached hydrogens (primary N) is 1. The van der Waals surface area contributed by atoms with E-state index in [2.05, 4.69) is 4.98 Å². The van der Waals surface area contributed by atoms with Crippen LogP contribution in [0.25, 0.3) is 0 Å². The Morgan fingerprint density at radius 3 is 2.57 bits per heavy atom. The third-order valence-corrected chi connectivity index (χ3v) is 3.34. The minimum absolute atomic E-state index is 0.0123. The van der Waals surface area contributed by atoms with E-state index in [9.17, 15) is 14.4 Å². The molecule has 0 bridgehead atoms. The van der Waals surface area contributed by atoms with Crippen LogP contribution in [-0.2, 0) is 11.3 Å². The summed E-state index contributed by atoms with van der Waals surface area (Å²) >= 11 is 0. The highest BCUT2D eigenvalue weighted by atomic mass is 16.2. The fraction of sp³-hybridized carbons (Fsp3) is 0.438. The number of unbranched alkanes of at least 4 members (excludes halogenated alkanes) is 1. The van der Waals surface area contributed by atoms with E-state index in [4.69, 9.17) is 5.73 Å². The summed E-state index contributed by atoms with van der Waals surface area (Å²) in [4.78, 5) is 39.8. The standard InChI is InChI=1S/C16H24N4O3/c1-4-7-9-10-12(21)19(6-3)13-14(17)20(11-8-5-2)16(23)18-15(13)22/h4,7,9-10H,5-6,8,11,17H2,1-3H3,(H,18,22,23)/b7-4+,10-9+. The summed E-state index contributed by atoms with van der Waals surface area (Å²) in [6.07, 6.45) is 8.06. The van der Waals surface area contributed by atoms with Crippen molar-refractivity contribution >= 4 is 17.4 Å². The normalized spacial score (nSPS) is 11.4. The predicted octanol–water partition coefficient (Wildman–Crippen LogP) is 1.40. The lowest BCUT2D eigenvalue weighted by Crippen LogP contribution is -2.40. The van der Waals surface area contributed by atoms with Gasteiger partial charge in [-0.1, -0.05) is 31.6 Å². The molecule has 0 fully saturated rings. The minimum Gasteiger partial charge on any atom is -0.383 e. The van der Waals surface area contributed by atoms with Gasteiger partial charge in [-0.05, 0) is 20.3 Å². The zero-order chi connectivity index (χ0) is 17.4. The van der Waals surface area contributed by atoms with E-state index in [1.165, 1.54) is 15.5 Å². The molecule has 1 rings (SSSR count). The van der Waals surface area contributed by atoms with E-state index < -0.39 is 11.2 Å². The van der Waals surface area contributed by atoms with Crippen molar-refractivity contribution in [3.8, 4) is 0 Å². The van der Waals surface area contributed by atoms with E-state index in [0.717, 1.165) is 12.8 Å². The van der Waals surface area contributed by atoms with Crippen molar-refractivity contribution in [2.45, 2.75) is 40.2 Å². The Morgan fingerprint density at radius 1 is 1.30 bits per heavy atom. The fourth-order valence-corrected chi connectivity index (χ4v) is 2.14. The average Bonchev–Trinajstić information content (AvgIpc) is 2.51. The van der Waals surface area contributed by atoms with E-state index in [-0.39, 0.29) is 24.0 Å². The van der Waals surface area contributed by atoms with Gasteiger partial charge in [-0.3, -0.25) is 19.1 Å². The number of carbonyl (C=O) groups is 1. The van der Waals surface area contributed by atoms with Gasteiger partial charge in [0.1, 0.15) is 5.82 Å². The van der Waals surface area contributed by atoms with Crippen LogP contribution in [0.2, 0.25) is 0 Å². The van der Waals surface area contributed by atoms with Crippen LogP contribution in [0.4, 0.5) is 11.5 Å². The van der Waals surface area contributed by atoms with Crippen LogP contribution >= 0.6 is 0 Å². The van der Waals surface area contributed by atoms with Crippen LogP contribution in [0.5, 0.6) is 0 Å². The highest BCUT2D eigenvalue weighted by Crippen LogP contribution is 2.17. The van der Waals surface area contributed by atoms with E-state index >= 15 is 0 Å². The van der Waals surface area contributed by atoms with Gasteiger partial charge < -0.3 is 10.6 Å². The van der Waals surface area contributed by atoms with Crippen molar-refractivity contribution in [1.82, 2.24) is 9.55 Å². The largest absolute Gasteiger partial charge is 0.383 e. The van der Waals surface area contributed by atoms with E-state index in [1.54, 1.807) is 25.2 Å². The van der Waals surface area contributed by atoms with Crippen molar-refractivity contribution in [3.05, 3.63) is 45.1 Å². The number of carbonyl (C=O) groups excluding carboxylic acids is 1. The molecule has 1 amide bonds. The maximum Gasteiger partial charge on any atom is 0.330 e. The number of nitrogens with zero attached hydrogens (tertiary/aromatic N) is 2. The first-order valence-electron chi connectivity index (χ1n) is 7.71. The molecular formula is C16H24N4O3. The highest BCUT2D eigenvalue weighted by Gasteiger charge is 2.21. The maximum absolute atomic E-state index is 12.3. The Hall–Kier alpha value is -2.57. The second kappa shape index (κ2) is 8.77. The number of likely N-dealkylation sites (N-methyl/N-ethyl adjacent to an activating group) is 1. The smallest absolute Gasteiger partial charge is 0.330 e. The number of aromatic nitrogens is 2. The molecule has 0 aliphatic heterocycles. The Labute approximate surface area is 135 Å². The number of aromatic amines is 1. The molecule has 0 saturated heterocycles. The number of amides is 1. The van der Waals surface area contributed by atoms with Crippen molar-refractivity contribution in [2.24, 2.45) is 0 Å². The van der Waals surface area contributed by atoms with Gasteiger partial charge in [0.25, 0.3) is 11.5 Å². The lowest BCUT2D eigenvalue weighted by molar-refractivity contribution is -0.114. The molecule has 0 unspecified atom stereocenters. The molecule has 0 saturated carbocycles. The molecule has 3 N–H and O–H groups in total. The van der Waals surface area contributed by atoms with Gasteiger partial charge in [0.05, 0.1) is 0 Å². The van der Waals surface area contributed by atoms with Crippen LogP contribution in [0.1, 0.15) is 33.6 Å². The topological polar surface area (TPSA) is 101 Å². The Balaban J connectivity index is 3.35. The lowest BCUT2D eigenvalue weighted by atomic mass is 10.3. The molecule has 0 aliphatic rings. The molecule has 126 valence electrons. The molecule has 7 nitrogen and oxygen atoms in total. The number of hydrogen-bond acceptors (Lipinski definition) is 4. The summed E-state index contributed by atoms with van der Waals surface area (Å²) in [5, 5.41) is 0. The monoisotopic (exact) mass is 320 g/mol. The molecule has 1 heterocycles. The zero-order valence-electron chi connectivity index (χ0n) is 13.8. The highest BCUT2D eigenvalue weighted by molar-refractivity contribution is 6.02. The number of anilines is 2. The van der Waals surface area contributed by atoms with Gasteiger partial charge in [0.2, 0.25) is 0 Å². The van der Waals surface area contributed by atoms with Crippen LogP contribution < -0.4 is 21.9 Å². The molecule has 0 atom stereocenters. The van der Waals surface area contributed by atoms with E-state index in [0.29, 0.717) is 6.54 Å². The molecule has 23 heavy (non-hydrogen) atoms. The number of rotatable bonds is 7. The maximum atomic E-state index is 12.3. The summed E-state index contributed by atoms with van der Waals surface area (Å²) < 4.78 is 1.30. The minimum atomic E-state index is -0.658. The summed E-state index contributed by atoms with van der Waals surface area (Å²) in [6.45, 7) is 6.21. The first-order chi connectivity index (χ1) is 11.0. The Bertz CT molecular complexity index is 713. The zero-order valence-corrected chi connectivity index (χ0v) is 13.8. The van der Waals surface area contributed by atoms with Crippen LogP contribution in [0.3, 0.4) is 0 Å². The lowest BCUT2D eigenvalue weighted by Gasteiger charge is -2.21. The molecule has 0 aliphatic carbocycles. The van der Waals surface area contributed by atoms with Crippen molar-refractivity contribution in [2.75, 3.05) is 17.2 Å². The second-order valence-corrected chi connectivity index (χ2v) is 4.97. The summed E-state index contributed by atoms with van der Waals surface area (Å²) in [7, 11) is 0. The summed E-state index contributed by atoms with van der Waals surface area (Å²) in [5.41, 5.74) is 4.80. The molecule has 1 aromatic heterocycles. The van der Waals surface area contributed by atoms with Crippen LogP contribution in [0, 0.1) is 0 Å². The van der Waals surface area contributed by atoms with Gasteiger partial charge in [-0.25, -0.2) is 4.79 Å². The van der Waals surface area contributed by atoms with Gasteiger partial charge in [-0.2, -0.15) is 0 Å². The average molecular weight is 320 g/mol.